The number of nitrogens with zero attached hydrogens (tertiary/aromatic N) is 2. The molecule has 0 radical (unpaired) electrons. The molecule has 3 aromatic rings. The molecule has 1 aromatic heterocycles. The molecule has 196 valence electrons. The highest BCUT2D eigenvalue weighted by Crippen LogP contribution is 2.41. The number of aliphatic hydroxyl groups is 1. The largest absolute Gasteiger partial charge is 0.493 e. The number of ether oxygens (including phenoxy) is 3. The standard InChI is InChI=1S/C26H32F3N3O4/c1-7-35-11-12-36-22-13-18-20(14-21(22)34-6)31-16(3)32-24(18)30-15(2)17-9-8-10-19(23(17)27)26(28,29)25(4,5)33/h8-10,13-15,33H,7,11-12H2,1-6H3,(H,30,31,32)/t15-/m1/s1. The van der Waals surface area contributed by atoms with Crippen molar-refractivity contribution < 1.29 is 32.5 Å². The highest BCUT2D eigenvalue weighted by molar-refractivity contribution is 5.92. The SMILES string of the molecule is CCOCCOc1cc2c(N[C@H](C)c3cccc(C(F)(F)C(C)(C)O)c3F)nc(C)nc2cc1OC. The zero-order chi connectivity index (χ0) is 26.7. The van der Waals surface area contributed by atoms with Gasteiger partial charge in [0.25, 0.3) is 0 Å². The van der Waals surface area contributed by atoms with Crippen LogP contribution in [0.1, 0.15) is 50.7 Å². The number of hydrogen-bond acceptors (Lipinski definition) is 7. The summed E-state index contributed by atoms with van der Waals surface area (Å²) in [4.78, 5) is 8.91. The first-order valence-electron chi connectivity index (χ1n) is 11.6. The zero-order valence-corrected chi connectivity index (χ0v) is 21.3. The van der Waals surface area contributed by atoms with Crippen LogP contribution in [0.5, 0.6) is 11.5 Å². The molecule has 2 N–H and O–H groups in total. The molecule has 3 rings (SSSR count). The summed E-state index contributed by atoms with van der Waals surface area (Å²) in [5.41, 5.74) is -2.75. The Morgan fingerprint density at radius 3 is 2.47 bits per heavy atom. The Hall–Kier alpha value is -3.11. The molecule has 0 saturated heterocycles. The van der Waals surface area contributed by atoms with Gasteiger partial charge in [0.05, 0.1) is 30.8 Å². The summed E-state index contributed by atoms with van der Waals surface area (Å²) in [6.07, 6.45) is 0. The number of methoxy groups -OCH3 is 1. The third-order valence-corrected chi connectivity index (χ3v) is 5.74. The molecular weight excluding hydrogens is 475 g/mol. The van der Waals surface area contributed by atoms with Crippen molar-refractivity contribution in [2.24, 2.45) is 0 Å². The van der Waals surface area contributed by atoms with Crippen LogP contribution in [0.3, 0.4) is 0 Å². The maximum Gasteiger partial charge on any atom is 0.303 e. The molecule has 2 aromatic carbocycles. The molecule has 0 aliphatic rings. The van der Waals surface area contributed by atoms with Crippen molar-refractivity contribution in [2.45, 2.75) is 52.2 Å². The van der Waals surface area contributed by atoms with E-state index in [9.17, 15) is 13.9 Å². The summed E-state index contributed by atoms with van der Waals surface area (Å²) in [7, 11) is 1.52. The van der Waals surface area contributed by atoms with E-state index >= 15 is 4.39 Å². The third kappa shape index (κ3) is 5.65. The molecule has 7 nitrogen and oxygen atoms in total. The maximum absolute atomic E-state index is 15.3. The summed E-state index contributed by atoms with van der Waals surface area (Å²) in [5, 5.41) is 13.6. The molecule has 10 heteroatoms. The highest BCUT2D eigenvalue weighted by Gasteiger charge is 2.49. The predicted molar refractivity (Wildman–Crippen MR) is 131 cm³/mol. The van der Waals surface area contributed by atoms with Gasteiger partial charge in [0.2, 0.25) is 0 Å². The van der Waals surface area contributed by atoms with Crippen LogP contribution in [0.4, 0.5) is 19.0 Å². The van der Waals surface area contributed by atoms with Crippen LogP contribution >= 0.6 is 0 Å². The lowest BCUT2D eigenvalue weighted by atomic mass is 9.91. The number of fused-ring (bicyclic) bond motifs is 1. The van der Waals surface area contributed by atoms with Crippen molar-refractivity contribution in [3.05, 3.63) is 53.1 Å². The van der Waals surface area contributed by atoms with Crippen LogP contribution in [0.15, 0.2) is 30.3 Å². The van der Waals surface area contributed by atoms with E-state index in [1.807, 2.05) is 6.92 Å². The molecule has 0 saturated carbocycles. The van der Waals surface area contributed by atoms with E-state index in [2.05, 4.69) is 15.3 Å². The van der Waals surface area contributed by atoms with Gasteiger partial charge in [0.15, 0.2) is 11.5 Å². The maximum atomic E-state index is 15.3. The average molecular weight is 508 g/mol. The van der Waals surface area contributed by atoms with Gasteiger partial charge in [-0.2, -0.15) is 8.78 Å². The molecule has 0 amide bonds. The number of aryl methyl sites for hydroxylation is 1. The summed E-state index contributed by atoms with van der Waals surface area (Å²) in [5.74, 6) is -3.14. The second kappa shape index (κ2) is 10.9. The van der Waals surface area contributed by atoms with Crippen molar-refractivity contribution in [3.8, 4) is 11.5 Å². The van der Waals surface area contributed by atoms with E-state index in [0.717, 1.165) is 19.9 Å². The van der Waals surface area contributed by atoms with Gasteiger partial charge in [0.1, 0.15) is 29.7 Å². The molecule has 0 fully saturated rings. The van der Waals surface area contributed by atoms with E-state index in [4.69, 9.17) is 14.2 Å². The average Bonchev–Trinajstić information content (AvgIpc) is 2.80. The molecular formula is C26H32F3N3O4. The van der Waals surface area contributed by atoms with E-state index in [1.54, 1.807) is 26.0 Å². The van der Waals surface area contributed by atoms with Gasteiger partial charge in [-0.3, -0.25) is 0 Å². The second-order valence-electron chi connectivity index (χ2n) is 8.89. The molecule has 36 heavy (non-hydrogen) atoms. The smallest absolute Gasteiger partial charge is 0.303 e. The summed E-state index contributed by atoms with van der Waals surface area (Å²) >= 11 is 0. The monoisotopic (exact) mass is 507 g/mol. The normalized spacial score (nSPS) is 13.1. The quantitative estimate of drug-likeness (QED) is 0.330. The van der Waals surface area contributed by atoms with Crippen LogP contribution in [0.2, 0.25) is 0 Å². The van der Waals surface area contributed by atoms with Gasteiger partial charge in [-0.15, -0.1) is 0 Å². The molecule has 1 heterocycles. The first-order valence-corrected chi connectivity index (χ1v) is 11.6. The fourth-order valence-electron chi connectivity index (χ4n) is 3.73. The molecule has 0 aliphatic heterocycles. The minimum atomic E-state index is -3.80. The Morgan fingerprint density at radius 1 is 1.11 bits per heavy atom. The number of nitrogens with one attached hydrogen (secondary N) is 1. The van der Waals surface area contributed by atoms with Crippen LogP contribution in [-0.2, 0) is 10.7 Å². The van der Waals surface area contributed by atoms with Gasteiger partial charge >= 0.3 is 5.92 Å². The molecule has 0 unspecified atom stereocenters. The lowest BCUT2D eigenvalue weighted by Crippen LogP contribution is -2.41. The number of rotatable bonds is 11. The second-order valence-corrected chi connectivity index (χ2v) is 8.89. The molecule has 0 bridgehead atoms. The zero-order valence-electron chi connectivity index (χ0n) is 21.3. The topological polar surface area (TPSA) is 85.7 Å². The number of alkyl halides is 2. The van der Waals surface area contributed by atoms with E-state index in [1.165, 1.54) is 19.2 Å². The van der Waals surface area contributed by atoms with Crippen LogP contribution in [0.25, 0.3) is 10.9 Å². The summed E-state index contributed by atoms with van der Waals surface area (Å²) < 4.78 is 61.4. The van der Waals surface area contributed by atoms with E-state index in [-0.39, 0.29) is 5.56 Å². The van der Waals surface area contributed by atoms with Gasteiger partial charge in [-0.1, -0.05) is 12.1 Å². The molecule has 0 spiro atoms. The van der Waals surface area contributed by atoms with Crippen LogP contribution in [-0.4, -0.2) is 47.6 Å². The first-order chi connectivity index (χ1) is 16.9. The number of aromatic nitrogens is 2. The van der Waals surface area contributed by atoms with Crippen molar-refractivity contribution in [1.82, 2.24) is 9.97 Å². The number of benzene rings is 2. The van der Waals surface area contributed by atoms with Crippen molar-refractivity contribution >= 4 is 16.7 Å². The minimum Gasteiger partial charge on any atom is -0.493 e. The van der Waals surface area contributed by atoms with E-state index < -0.39 is 28.9 Å². The Morgan fingerprint density at radius 2 is 1.83 bits per heavy atom. The van der Waals surface area contributed by atoms with E-state index in [0.29, 0.717) is 53.9 Å². The molecule has 1 atom stereocenters. The van der Waals surface area contributed by atoms with Crippen molar-refractivity contribution in [1.29, 1.82) is 0 Å². The van der Waals surface area contributed by atoms with Crippen molar-refractivity contribution in [2.75, 3.05) is 32.2 Å². The van der Waals surface area contributed by atoms with Crippen LogP contribution in [0, 0.1) is 12.7 Å². The molecule has 0 aliphatic carbocycles. The number of hydrogen-bond donors (Lipinski definition) is 2. The lowest BCUT2D eigenvalue weighted by Gasteiger charge is -2.30. The van der Waals surface area contributed by atoms with Gasteiger partial charge in [-0.25, -0.2) is 14.4 Å². The van der Waals surface area contributed by atoms with Gasteiger partial charge < -0.3 is 24.6 Å². The number of halogens is 3. The van der Waals surface area contributed by atoms with Gasteiger partial charge in [-0.05, 0) is 46.8 Å². The van der Waals surface area contributed by atoms with Crippen molar-refractivity contribution in [3.63, 3.8) is 0 Å². The lowest BCUT2D eigenvalue weighted by molar-refractivity contribution is -0.170. The fourth-order valence-corrected chi connectivity index (χ4v) is 3.73. The van der Waals surface area contributed by atoms with Crippen LogP contribution < -0.4 is 14.8 Å². The first kappa shape index (κ1) is 27.5. The third-order valence-electron chi connectivity index (χ3n) is 5.74. The predicted octanol–water partition coefficient (Wildman–Crippen LogP) is 5.54. The summed E-state index contributed by atoms with van der Waals surface area (Å²) in [6, 6.07) is 6.41. The fraction of sp³-hybridized carbons (Fsp3) is 0.462. The Bertz CT molecular complexity index is 1220. The Balaban J connectivity index is 2.00. The number of anilines is 1. The summed E-state index contributed by atoms with van der Waals surface area (Å²) in [6.45, 7) is 8.38. The van der Waals surface area contributed by atoms with Gasteiger partial charge in [0, 0.05) is 23.6 Å². The minimum absolute atomic E-state index is 0.00235. The Labute approximate surface area is 208 Å². The highest BCUT2D eigenvalue weighted by atomic mass is 19.3. The Kier molecular flexibility index (Phi) is 8.30.